The standard InChI is InChI=1S/C23H23NO/c1-16-18(13-14-25-3)15-20(17-9-5-4-6-10-17)22-19-11-7-8-12-21(19)24(2)23(16)22/h4-12,15H,13-14H2,1-3H3. The number of methoxy groups -OCH3 is 1. The molecule has 4 rings (SSSR count). The van der Waals surface area contributed by atoms with Gasteiger partial charge in [0.15, 0.2) is 0 Å². The molecule has 3 aromatic carbocycles. The fourth-order valence-electron chi connectivity index (χ4n) is 3.93. The summed E-state index contributed by atoms with van der Waals surface area (Å²) in [6.07, 6.45) is 0.930. The Labute approximate surface area is 148 Å². The summed E-state index contributed by atoms with van der Waals surface area (Å²) in [7, 11) is 3.94. The van der Waals surface area contributed by atoms with Gasteiger partial charge in [-0.2, -0.15) is 0 Å². The van der Waals surface area contributed by atoms with Crippen molar-refractivity contribution in [3.05, 3.63) is 71.8 Å². The SMILES string of the molecule is COCCc1cc(-c2ccccc2)c2c3ccccc3n(C)c2c1C. The van der Waals surface area contributed by atoms with Crippen LogP contribution in [0.2, 0.25) is 0 Å². The molecule has 0 aliphatic rings. The Balaban J connectivity index is 2.14. The largest absolute Gasteiger partial charge is 0.384 e. The molecular weight excluding hydrogens is 306 g/mol. The molecule has 0 saturated carbocycles. The molecule has 25 heavy (non-hydrogen) atoms. The Hall–Kier alpha value is -2.58. The van der Waals surface area contributed by atoms with Crippen LogP contribution < -0.4 is 0 Å². The fourth-order valence-corrected chi connectivity index (χ4v) is 3.93. The highest BCUT2D eigenvalue weighted by Crippen LogP contribution is 2.39. The summed E-state index contributed by atoms with van der Waals surface area (Å²) in [6, 6.07) is 21.7. The lowest BCUT2D eigenvalue weighted by Crippen LogP contribution is -2.00. The van der Waals surface area contributed by atoms with E-state index in [-0.39, 0.29) is 0 Å². The van der Waals surface area contributed by atoms with E-state index in [1.807, 2.05) is 0 Å². The molecule has 0 radical (unpaired) electrons. The number of rotatable bonds is 4. The average Bonchev–Trinajstić information content (AvgIpc) is 2.96. The van der Waals surface area contributed by atoms with E-state index in [1.165, 1.54) is 44.1 Å². The summed E-state index contributed by atoms with van der Waals surface area (Å²) in [5.74, 6) is 0. The molecule has 0 bridgehead atoms. The van der Waals surface area contributed by atoms with Gasteiger partial charge in [-0.05, 0) is 41.7 Å². The summed E-state index contributed by atoms with van der Waals surface area (Å²) in [5, 5.41) is 2.67. The zero-order valence-corrected chi connectivity index (χ0v) is 15.0. The first-order chi connectivity index (χ1) is 12.2. The zero-order valence-electron chi connectivity index (χ0n) is 15.0. The third-order valence-electron chi connectivity index (χ3n) is 5.19. The summed E-state index contributed by atoms with van der Waals surface area (Å²) < 4.78 is 7.68. The van der Waals surface area contributed by atoms with E-state index in [9.17, 15) is 0 Å². The molecule has 0 fully saturated rings. The molecule has 0 unspecified atom stereocenters. The summed E-state index contributed by atoms with van der Waals surface area (Å²) in [4.78, 5) is 0. The van der Waals surface area contributed by atoms with Crippen LogP contribution >= 0.6 is 0 Å². The monoisotopic (exact) mass is 329 g/mol. The molecule has 0 amide bonds. The Morgan fingerprint density at radius 1 is 0.960 bits per heavy atom. The van der Waals surface area contributed by atoms with Gasteiger partial charge >= 0.3 is 0 Å². The van der Waals surface area contributed by atoms with Gasteiger partial charge < -0.3 is 9.30 Å². The highest BCUT2D eigenvalue weighted by molar-refractivity contribution is 6.16. The van der Waals surface area contributed by atoms with Crippen LogP contribution in [0.5, 0.6) is 0 Å². The van der Waals surface area contributed by atoms with E-state index < -0.39 is 0 Å². The summed E-state index contributed by atoms with van der Waals surface area (Å²) >= 11 is 0. The third-order valence-corrected chi connectivity index (χ3v) is 5.19. The van der Waals surface area contributed by atoms with Gasteiger partial charge in [0.05, 0.1) is 12.1 Å². The molecule has 2 nitrogen and oxygen atoms in total. The van der Waals surface area contributed by atoms with E-state index in [1.54, 1.807) is 7.11 Å². The second-order valence-electron chi connectivity index (χ2n) is 6.62. The van der Waals surface area contributed by atoms with Crippen molar-refractivity contribution in [3.8, 4) is 11.1 Å². The van der Waals surface area contributed by atoms with Crippen molar-refractivity contribution in [2.75, 3.05) is 13.7 Å². The summed E-state index contributed by atoms with van der Waals surface area (Å²) in [6.45, 7) is 2.98. The van der Waals surface area contributed by atoms with Gasteiger partial charge in [-0.3, -0.25) is 0 Å². The number of hydrogen-bond donors (Lipinski definition) is 0. The van der Waals surface area contributed by atoms with Crippen molar-refractivity contribution in [2.45, 2.75) is 13.3 Å². The number of nitrogens with zero attached hydrogens (tertiary/aromatic N) is 1. The maximum Gasteiger partial charge on any atom is 0.0527 e. The van der Waals surface area contributed by atoms with Crippen molar-refractivity contribution in [3.63, 3.8) is 0 Å². The average molecular weight is 329 g/mol. The number of ether oxygens (including phenoxy) is 1. The van der Waals surface area contributed by atoms with Crippen molar-refractivity contribution in [2.24, 2.45) is 7.05 Å². The van der Waals surface area contributed by atoms with E-state index in [0.29, 0.717) is 0 Å². The van der Waals surface area contributed by atoms with Crippen LogP contribution in [0.4, 0.5) is 0 Å². The molecule has 0 spiro atoms. The maximum absolute atomic E-state index is 5.34. The minimum atomic E-state index is 0.741. The van der Waals surface area contributed by atoms with Crippen LogP contribution in [0.25, 0.3) is 32.9 Å². The van der Waals surface area contributed by atoms with Gasteiger partial charge in [-0.25, -0.2) is 0 Å². The molecule has 0 saturated heterocycles. The van der Waals surface area contributed by atoms with Gasteiger partial charge in [0.1, 0.15) is 0 Å². The smallest absolute Gasteiger partial charge is 0.0527 e. The molecule has 126 valence electrons. The van der Waals surface area contributed by atoms with Crippen LogP contribution in [0.1, 0.15) is 11.1 Å². The molecular formula is C23H23NO. The van der Waals surface area contributed by atoms with Gasteiger partial charge in [0.2, 0.25) is 0 Å². The zero-order chi connectivity index (χ0) is 17.4. The number of aryl methyl sites for hydroxylation is 2. The minimum absolute atomic E-state index is 0.741. The molecule has 4 aromatic rings. The fraction of sp³-hybridized carbons (Fsp3) is 0.217. The van der Waals surface area contributed by atoms with E-state index in [4.69, 9.17) is 4.74 Å². The van der Waals surface area contributed by atoms with Gasteiger partial charge in [-0.15, -0.1) is 0 Å². The number of hydrogen-bond acceptors (Lipinski definition) is 1. The Bertz CT molecular complexity index is 1040. The second-order valence-corrected chi connectivity index (χ2v) is 6.62. The van der Waals surface area contributed by atoms with Crippen LogP contribution in [0.3, 0.4) is 0 Å². The third kappa shape index (κ3) is 2.54. The number of aromatic nitrogens is 1. The maximum atomic E-state index is 5.34. The predicted molar refractivity (Wildman–Crippen MR) is 106 cm³/mol. The van der Waals surface area contributed by atoms with E-state index in [0.717, 1.165) is 13.0 Å². The topological polar surface area (TPSA) is 14.2 Å². The first kappa shape index (κ1) is 15.9. The van der Waals surface area contributed by atoms with Crippen molar-refractivity contribution < 1.29 is 4.74 Å². The van der Waals surface area contributed by atoms with Crippen LogP contribution in [-0.4, -0.2) is 18.3 Å². The minimum Gasteiger partial charge on any atom is -0.384 e. The highest BCUT2D eigenvalue weighted by atomic mass is 16.5. The lowest BCUT2D eigenvalue weighted by Gasteiger charge is -2.14. The lowest BCUT2D eigenvalue weighted by molar-refractivity contribution is 0.202. The first-order valence-electron chi connectivity index (χ1n) is 8.76. The van der Waals surface area contributed by atoms with Gasteiger partial charge in [0.25, 0.3) is 0 Å². The van der Waals surface area contributed by atoms with Gasteiger partial charge in [0, 0.05) is 30.4 Å². The predicted octanol–water partition coefficient (Wildman–Crippen LogP) is 5.50. The van der Waals surface area contributed by atoms with Gasteiger partial charge in [-0.1, -0.05) is 54.6 Å². The normalized spacial score (nSPS) is 11.5. The molecule has 0 aliphatic carbocycles. The summed E-state index contributed by atoms with van der Waals surface area (Å²) in [5.41, 5.74) is 7.89. The van der Waals surface area contributed by atoms with Crippen LogP contribution in [0, 0.1) is 6.92 Å². The Morgan fingerprint density at radius 2 is 1.68 bits per heavy atom. The quantitative estimate of drug-likeness (QED) is 0.482. The first-order valence-corrected chi connectivity index (χ1v) is 8.76. The highest BCUT2D eigenvalue weighted by Gasteiger charge is 2.17. The Morgan fingerprint density at radius 3 is 2.44 bits per heavy atom. The molecule has 0 N–H and O–H groups in total. The molecule has 0 atom stereocenters. The molecule has 1 heterocycles. The Kier molecular flexibility index (Phi) is 4.06. The van der Waals surface area contributed by atoms with E-state index >= 15 is 0 Å². The van der Waals surface area contributed by atoms with Crippen LogP contribution in [0.15, 0.2) is 60.7 Å². The molecule has 2 heteroatoms. The van der Waals surface area contributed by atoms with E-state index in [2.05, 4.69) is 79.2 Å². The molecule has 1 aromatic heterocycles. The van der Waals surface area contributed by atoms with Crippen molar-refractivity contribution >= 4 is 21.8 Å². The number of para-hydroxylation sites is 1. The number of fused-ring (bicyclic) bond motifs is 3. The van der Waals surface area contributed by atoms with Crippen LogP contribution in [-0.2, 0) is 18.2 Å². The van der Waals surface area contributed by atoms with Crippen molar-refractivity contribution in [1.82, 2.24) is 4.57 Å². The second kappa shape index (κ2) is 6.38. The molecule has 0 aliphatic heterocycles. The lowest BCUT2D eigenvalue weighted by atomic mass is 9.93. The number of benzene rings is 3. The van der Waals surface area contributed by atoms with Crippen molar-refractivity contribution in [1.29, 1.82) is 0 Å².